The van der Waals surface area contributed by atoms with E-state index < -0.39 is 39.7 Å². The molecule has 0 saturated heterocycles. The Morgan fingerprint density at radius 1 is 0.971 bits per heavy atom. The van der Waals surface area contributed by atoms with E-state index in [0.717, 1.165) is 29.0 Å². The Labute approximate surface area is 194 Å². The fourth-order valence-corrected chi connectivity index (χ4v) is 4.10. The Morgan fingerprint density at radius 3 is 2.38 bits per heavy atom. The summed E-state index contributed by atoms with van der Waals surface area (Å²) in [5, 5.41) is 3.87. The molecule has 7 nitrogen and oxygen atoms in total. The van der Waals surface area contributed by atoms with E-state index >= 15 is 0 Å². The summed E-state index contributed by atoms with van der Waals surface area (Å²) in [5.41, 5.74) is -1.04. The number of hydrogen-bond acceptors (Lipinski definition) is 5. The van der Waals surface area contributed by atoms with Crippen molar-refractivity contribution in [3.05, 3.63) is 72.3 Å². The Hall–Kier alpha value is -3.44. The highest BCUT2D eigenvalue weighted by atomic mass is 32.2. The molecule has 0 radical (unpaired) electrons. The number of fused-ring (bicyclic) bond motifs is 1. The van der Waals surface area contributed by atoms with Crippen molar-refractivity contribution in [1.82, 2.24) is 4.72 Å². The number of ether oxygens (including phenoxy) is 1. The summed E-state index contributed by atoms with van der Waals surface area (Å²) in [5.74, 6) is -1.68. The fourth-order valence-electron chi connectivity index (χ4n) is 3.03. The van der Waals surface area contributed by atoms with E-state index in [0.29, 0.717) is 0 Å². The highest BCUT2D eigenvalue weighted by molar-refractivity contribution is 7.89. The van der Waals surface area contributed by atoms with Gasteiger partial charge in [-0.15, -0.1) is 0 Å². The van der Waals surface area contributed by atoms with E-state index in [1.165, 1.54) is 25.1 Å². The van der Waals surface area contributed by atoms with Crippen molar-refractivity contribution in [2.24, 2.45) is 0 Å². The molecule has 0 saturated carbocycles. The molecular weight excluding hydrogens is 473 g/mol. The zero-order chi connectivity index (χ0) is 24.9. The summed E-state index contributed by atoms with van der Waals surface area (Å²) in [6.07, 6.45) is -6.23. The quantitative estimate of drug-likeness (QED) is 0.459. The number of carbonyl (C=O) groups excluding carboxylic acids is 2. The van der Waals surface area contributed by atoms with Gasteiger partial charge in [-0.05, 0) is 48.0 Å². The summed E-state index contributed by atoms with van der Waals surface area (Å²) in [6, 6.07) is 15.9. The molecule has 180 valence electrons. The Balaban J connectivity index is 1.50. The molecule has 3 rings (SSSR count). The average Bonchev–Trinajstić information content (AvgIpc) is 2.78. The van der Waals surface area contributed by atoms with Gasteiger partial charge in [0.15, 0.2) is 6.10 Å². The lowest BCUT2D eigenvalue weighted by Crippen LogP contribution is -2.32. The van der Waals surface area contributed by atoms with Crippen LogP contribution in [0.25, 0.3) is 10.8 Å². The van der Waals surface area contributed by atoms with Crippen LogP contribution in [0.5, 0.6) is 0 Å². The van der Waals surface area contributed by atoms with Gasteiger partial charge in [0, 0.05) is 12.2 Å². The van der Waals surface area contributed by atoms with Crippen molar-refractivity contribution in [3.8, 4) is 0 Å². The lowest BCUT2D eigenvalue weighted by Gasteiger charge is -2.15. The van der Waals surface area contributed by atoms with E-state index in [1.54, 1.807) is 18.2 Å². The molecule has 0 aliphatic rings. The number of hydrogen-bond donors (Lipinski definition) is 2. The molecule has 0 heterocycles. The Bertz CT molecular complexity index is 1310. The molecular formula is C23H21F3N2O5S. The van der Waals surface area contributed by atoms with E-state index in [-0.39, 0.29) is 23.5 Å². The van der Waals surface area contributed by atoms with Gasteiger partial charge in [-0.3, -0.25) is 9.59 Å². The minimum Gasteiger partial charge on any atom is -0.452 e. The van der Waals surface area contributed by atoms with Crippen molar-refractivity contribution in [2.75, 3.05) is 11.9 Å². The van der Waals surface area contributed by atoms with Gasteiger partial charge in [0.05, 0.1) is 16.9 Å². The number of alkyl halides is 3. The highest BCUT2D eigenvalue weighted by Gasteiger charge is 2.30. The van der Waals surface area contributed by atoms with E-state index in [4.69, 9.17) is 4.74 Å². The molecule has 2 N–H and O–H groups in total. The van der Waals surface area contributed by atoms with Crippen LogP contribution in [0, 0.1) is 0 Å². The van der Waals surface area contributed by atoms with Crippen molar-refractivity contribution < 1.29 is 35.9 Å². The molecule has 3 aromatic rings. The van der Waals surface area contributed by atoms with Gasteiger partial charge in [0.1, 0.15) is 0 Å². The maximum absolute atomic E-state index is 12.8. The van der Waals surface area contributed by atoms with Gasteiger partial charge >= 0.3 is 12.1 Å². The predicted molar refractivity (Wildman–Crippen MR) is 119 cm³/mol. The Morgan fingerprint density at radius 2 is 1.68 bits per heavy atom. The van der Waals surface area contributed by atoms with Gasteiger partial charge < -0.3 is 10.1 Å². The maximum Gasteiger partial charge on any atom is 0.416 e. The smallest absolute Gasteiger partial charge is 0.416 e. The topological polar surface area (TPSA) is 102 Å². The first-order valence-electron chi connectivity index (χ1n) is 10.1. The van der Waals surface area contributed by atoms with Crippen molar-refractivity contribution in [2.45, 2.75) is 30.5 Å². The average molecular weight is 494 g/mol. The third-order valence-corrected chi connectivity index (χ3v) is 6.25. The van der Waals surface area contributed by atoms with Gasteiger partial charge in [0.2, 0.25) is 10.0 Å². The second-order valence-electron chi connectivity index (χ2n) is 7.36. The number of rotatable bonds is 8. The predicted octanol–water partition coefficient (Wildman–Crippen LogP) is 4.10. The summed E-state index contributed by atoms with van der Waals surface area (Å²) in [7, 11) is -3.88. The van der Waals surface area contributed by atoms with Crippen LogP contribution in [0.15, 0.2) is 71.6 Å². The van der Waals surface area contributed by atoms with E-state index in [9.17, 15) is 31.2 Å². The number of anilines is 1. The second-order valence-corrected chi connectivity index (χ2v) is 9.12. The van der Waals surface area contributed by atoms with Crippen molar-refractivity contribution in [1.29, 1.82) is 0 Å². The number of sulfonamides is 1. The molecule has 0 aromatic heterocycles. The maximum atomic E-state index is 12.8. The number of benzene rings is 3. The van der Waals surface area contributed by atoms with Crippen LogP contribution in [-0.2, 0) is 30.5 Å². The van der Waals surface area contributed by atoms with Crippen LogP contribution in [0.2, 0.25) is 0 Å². The molecule has 0 bridgehead atoms. The zero-order valence-corrected chi connectivity index (χ0v) is 18.7. The fraction of sp³-hybridized carbons (Fsp3) is 0.217. The van der Waals surface area contributed by atoms with Crippen molar-refractivity contribution in [3.63, 3.8) is 0 Å². The number of halogens is 3. The first-order chi connectivity index (χ1) is 16.0. The normalized spacial score (nSPS) is 12.8. The highest BCUT2D eigenvalue weighted by Crippen LogP contribution is 2.30. The van der Waals surface area contributed by atoms with Crippen LogP contribution in [0.4, 0.5) is 18.9 Å². The van der Waals surface area contributed by atoms with Crippen LogP contribution >= 0.6 is 0 Å². The zero-order valence-electron chi connectivity index (χ0n) is 17.9. The second kappa shape index (κ2) is 10.2. The molecule has 1 atom stereocenters. The first-order valence-corrected chi connectivity index (χ1v) is 11.6. The van der Waals surface area contributed by atoms with Crippen molar-refractivity contribution >= 4 is 38.4 Å². The largest absolute Gasteiger partial charge is 0.452 e. The third-order valence-electron chi connectivity index (χ3n) is 4.79. The third kappa shape index (κ3) is 6.55. The summed E-state index contributed by atoms with van der Waals surface area (Å²) in [6.45, 7) is 0.982. The number of amides is 1. The van der Waals surface area contributed by atoms with Crippen LogP contribution in [0.1, 0.15) is 18.9 Å². The molecule has 11 heteroatoms. The summed E-state index contributed by atoms with van der Waals surface area (Å²) in [4.78, 5) is 24.2. The van der Waals surface area contributed by atoms with Crippen LogP contribution in [0.3, 0.4) is 0 Å². The molecule has 0 aliphatic carbocycles. The van der Waals surface area contributed by atoms with Crippen LogP contribution in [-0.4, -0.2) is 32.9 Å². The number of carbonyl (C=O) groups is 2. The van der Waals surface area contributed by atoms with E-state index in [1.807, 2.05) is 12.1 Å². The minimum absolute atomic E-state index is 0.0356. The standard InChI is InChI=1S/C23H21F3N2O5S/c1-15(22(30)28-19-8-4-7-18(14-19)23(24,25)26)33-21(29)11-12-27-34(31,32)20-10-9-16-5-2-3-6-17(16)13-20/h2-10,13-15,27H,11-12H2,1H3,(H,28,30). The Kier molecular flexibility index (Phi) is 7.57. The minimum atomic E-state index is -4.57. The first kappa shape index (κ1) is 25.2. The SMILES string of the molecule is CC(OC(=O)CCNS(=O)(=O)c1ccc2ccccc2c1)C(=O)Nc1cccc(C(F)(F)F)c1. The molecule has 34 heavy (non-hydrogen) atoms. The summed E-state index contributed by atoms with van der Waals surface area (Å²) < 4.78 is 70.6. The van der Waals surface area contributed by atoms with E-state index in [2.05, 4.69) is 10.0 Å². The summed E-state index contributed by atoms with van der Waals surface area (Å²) >= 11 is 0. The monoisotopic (exact) mass is 494 g/mol. The molecule has 0 fully saturated rings. The van der Waals surface area contributed by atoms with Gasteiger partial charge in [0.25, 0.3) is 5.91 Å². The van der Waals surface area contributed by atoms with Crippen LogP contribution < -0.4 is 10.0 Å². The molecule has 1 amide bonds. The van der Waals surface area contributed by atoms with Gasteiger partial charge in [-0.25, -0.2) is 13.1 Å². The number of nitrogens with one attached hydrogen (secondary N) is 2. The lowest BCUT2D eigenvalue weighted by atomic mass is 10.1. The van der Waals surface area contributed by atoms with Gasteiger partial charge in [-0.2, -0.15) is 13.2 Å². The molecule has 0 spiro atoms. The molecule has 3 aromatic carbocycles. The lowest BCUT2D eigenvalue weighted by molar-refractivity contribution is -0.152. The molecule has 0 aliphatic heterocycles. The molecule has 1 unspecified atom stereocenters. The van der Waals surface area contributed by atoms with Gasteiger partial charge in [-0.1, -0.05) is 36.4 Å². The number of esters is 1.